The highest BCUT2D eigenvalue weighted by atomic mass is 16.1. The molecule has 3 nitrogen and oxygen atoms in total. The molecule has 1 atom stereocenters. The second kappa shape index (κ2) is 6.17. The van der Waals surface area contributed by atoms with Crippen molar-refractivity contribution in [1.29, 1.82) is 0 Å². The fourth-order valence-corrected chi connectivity index (χ4v) is 2.81. The van der Waals surface area contributed by atoms with E-state index in [4.69, 9.17) is 0 Å². The van der Waals surface area contributed by atoms with E-state index < -0.39 is 0 Å². The summed E-state index contributed by atoms with van der Waals surface area (Å²) in [7, 11) is 0. The van der Waals surface area contributed by atoms with Crippen molar-refractivity contribution in [2.75, 3.05) is 0 Å². The summed E-state index contributed by atoms with van der Waals surface area (Å²) >= 11 is 0. The SMILES string of the molecule is CCC(=O)C(C)Cc1ccn(C2CCCCC2)n1. The van der Waals surface area contributed by atoms with E-state index in [2.05, 4.69) is 22.0 Å². The van der Waals surface area contributed by atoms with Gasteiger partial charge in [0.2, 0.25) is 0 Å². The first-order valence-electron chi connectivity index (χ1n) is 7.27. The maximum atomic E-state index is 11.6. The van der Waals surface area contributed by atoms with Crippen molar-refractivity contribution >= 4 is 5.78 Å². The normalized spacial score (nSPS) is 18.8. The largest absolute Gasteiger partial charge is 0.299 e. The fraction of sp³-hybridized carbons (Fsp3) is 0.733. The van der Waals surface area contributed by atoms with Crippen LogP contribution < -0.4 is 0 Å². The number of aromatic nitrogens is 2. The van der Waals surface area contributed by atoms with Crippen LogP contribution in [0.1, 0.15) is 64.1 Å². The molecule has 0 N–H and O–H groups in total. The Bertz CT molecular complexity index is 391. The summed E-state index contributed by atoms with van der Waals surface area (Å²) < 4.78 is 2.12. The summed E-state index contributed by atoms with van der Waals surface area (Å²) in [6, 6.07) is 2.67. The van der Waals surface area contributed by atoms with E-state index in [1.807, 2.05) is 13.8 Å². The molecule has 100 valence electrons. The summed E-state index contributed by atoms with van der Waals surface area (Å²) in [6.45, 7) is 3.94. The van der Waals surface area contributed by atoms with Gasteiger partial charge in [-0.15, -0.1) is 0 Å². The van der Waals surface area contributed by atoms with Crippen LogP contribution in [-0.2, 0) is 11.2 Å². The molecule has 0 spiro atoms. The molecule has 1 saturated carbocycles. The molecule has 1 aromatic heterocycles. The Morgan fingerprint density at radius 1 is 1.44 bits per heavy atom. The Labute approximate surface area is 110 Å². The summed E-state index contributed by atoms with van der Waals surface area (Å²) in [6.07, 6.45) is 10.0. The van der Waals surface area contributed by atoms with E-state index in [-0.39, 0.29) is 5.92 Å². The van der Waals surface area contributed by atoms with Crippen LogP contribution in [0.2, 0.25) is 0 Å². The zero-order chi connectivity index (χ0) is 13.0. The van der Waals surface area contributed by atoms with E-state index in [0.717, 1.165) is 12.1 Å². The second-order valence-corrected chi connectivity index (χ2v) is 5.50. The number of ketones is 1. The van der Waals surface area contributed by atoms with E-state index in [0.29, 0.717) is 18.2 Å². The van der Waals surface area contributed by atoms with Gasteiger partial charge < -0.3 is 0 Å². The molecule has 1 fully saturated rings. The first-order valence-corrected chi connectivity index (χ1v) is 7.27. The molecule has 0 aliphatic heterocycles. The molecule has 1 aliphatic rings. The molecule has 3 heteroatoms. The third-order valence-corrected chi connectivity index (χ3v) is 4.03. The minimum absolute atomic E-state index is 0.102. The van der Waals surface area contributed by atoms with Gasteiger partial charge in [0.05, 0.1) is 11.7 Å². The van der Waals surface area contributed by atoms with Gasteiger partial charge in [0.1, 0.15) is 5.78 Å². The third-order valence-electron chi connectivity index (χ3n) is 4.03. The predicted octanol–water partition coefficient (Wildman–Crippen LogP) is 3.55. The fourth-order valence-electron chi connectivity index (χ4n) is 2.81. The topological polar surface area (TPSA) is 34.9 Å². The summed E-state index contributed by atoms with van der Waals surface area (Å²) in [5, 5.41) is 4.66. The van der Waals surface area contributed by atoms with Gasteiger partial charge in [0.15, 0.2) is 0 Å². The van der Waals surface area contributed by atoms with Crippen LogP contribution >= 0.6 is 0 Å². The van der Waals surface area contributed by atoms with E-state index >= 15 is 0 Å². The molecule has 1 unspecified atom stereocenters. The molecule has 1 aromatic rings. The first kappa shape index (κ1) is 13.3. The molecule has 0 amide bonds. The molecule has 2 rings (SSSR count). The third kappa shape index (κ3) is 3.21. The molecule has 0 bridgehead atoms. The second-order valence-electron chi connectivity index (χ2n) is 5.50. The van der Waals surface area contributed by atoms with Gasteiger partial charge in [-0.05, 0) is 18.9 Å². The van der Waals surface area contributed by atoms with Crippen LogP contribution in [0.4, 0.5) is 0 Å². The van der Waals surface area contributed by atoms with Gasteiger partial charge in [0.25, 0.3) is 0 Å². The molecule has 18 heavy (non-hydrogen) atoms. The molecule has 1 aliphatic carbocycles. The number of carbonyl (C=O) groups excluding carboxylic acids is 1. The van der Waals surface area contributed by atoms with Gasteiger partial charge in [-0.2, -0.15) is 5.10 Å². The van der Waals surface area contributed by atoms with Crippen LogP contribution in [0.5, 0.6) is 0 Å². The van der Waals surface area contributed by atoms with Gasteiger partial charge in [-0.25, -0.2) is 0 Å². The van der Waals surface area contributed by atoms with Gasteiger partial charge in [-0.3, -0.25) is 9.48 Å². The molecule has 1 heterocycles. The number of rotatable bonds is 5. The van der Waals surface area contributed by atoms with E-state index in [1.165, 1.54) is 32.1 Å². The minimum atomic E-state index is 0.102. The predicted molar refractivity (Wildman–Crippen MR) is 72.5 cm³/mol. The zero-order valence-electron chi connectivity index (χ0n) is 11.6. The van der Waals surface area contributed by atoms with Gasteiger partial charge in [0, 0.05) is 25.0 Å². The Morgan fingerprint density at radius 2 is 2.17 bits per heavy atom. The highest BCUT2D eigenvalue weighted by Gasteiger charge is 2.17. The van der Waals surface area contributed by atoms with Crippen LogP contribution in [-0.4, -0.2) is 15.6 Å². The van der Waals surface area contributed by atoms with Crippen molar-refractivity contribution < 1.29 is 4.79 Å². The number of hydrogen-bond acceptors (Lipinski definition) is 2. The maximum absolute atomic E-state index is 11.6. The van der Waals surface area contributed by atoms with Crippen molar-refractivity contribution in [3.63, 3.8) is 0 Å². The highest BCUT2D eigenvalue weighted by Crippen LogP contribution is 2.27. The van der Waals surface area contributed by atoms with Crippen LogP contribution in [0.15, 0.2) is 12.3 Å². The summed E-state index contributed by atoms with van der Waals surface area (Å²) in [5.41, 5.74) is 1.06. The number of nitrogens with zero attached hydrogens (tertiary/aromatic N) is 2. The van der Waals surface area contributed by atoms with Crippen molar-refractivity contribution in [2.45, 2.75) is 64.8 Å². The number of hydrogen-bond donors (Lipinski definition) is 0. The van der Waals surface area contributed by atoms with Crippen molar-refractivity contribution in [1.82, 2.24) is 9.78 Å². The number of carbonyl (C=O) groups is 1. The average Bonchev–Trinajstić information content (AvgIpc) is 2.87. The molecule has 0 saturated heterocycles. The van der Waals surface area contributed by atoms with Crippen LogP contribution in [0, 0.1) is 5.92 Å². The van der Waals surface area contributed by atoms with E-state index in [1.54, 1.807) is 0 Å². The Hall–Kier alpha value is -1.12. The number of Topliss-reactive ketones (excluding diaryl/α,β-unsaturated/α-hetero) is 1. The highest BCUT2D eigenvalue weighted by molar-refractivity contribution is 5.80. The molecule has 0 radical (unpaired) electrons. The standard InChI is InChI=1S/C15H24N2O/c1-3-15(18)12(2)11-13-9-10-17(16-13)14-7-5-4-6-8-14/h9-10,12,14H,3-8,11H2,1-2H3. The van der Waals surface area contributed by atoms with Crippen LogP contribution in [0.3, 0.4) is 0 Å². The molecular weight excluding hydrogens is 224 g/mol. The van der Waals surface area contributed by atoms with E-state index in [9.17, 15) is 4.79 Å². The van der Waals surface area contributed by atoms with Crippen LogP contribution in [0.25, 0.3) is 0 Å². The Balaban J connectivity index is 1.95. The maximum Gasteiger partial charge on any atom is 0.135 e. The van der Waals surface area contributed by atoms with Gasteiger partial charge >= 0.3 is 0 Å². The lowest BCUT2D eigenvalue weighted by atomic mass is 9.96. The first-order chi connectivity index (χ1) is 8.70. The minimum Gasteiger partial charge on any atom is -0.299 e. The molecule has 0 aromatic carbocycles. The van der Waals surface area contributed by atoms with Crippen molar-refractivity contribution in [3.8, 4) is 0 Å². The lowest BCUT2D eigenvalue weighted by Gasteiger charge is -2.21. The monoisotopic (exact) mass is 248 g/mol. The summed E-state index contributed by atoms with van der Waals surface area (Å²) in [4.78, 5) is 11.6. The smallest absolute Gasteiger partial charge is 0.135 e. The Kier molecular flexibility index (Phi) is 4.56. The lowest BCUT2D eigenvalue weighted by molar-refractivity contribution is -0.122. The van der Waals surface area contributed by atoms with Crippen molar-refractivity contribution in [3.05, 3.63) is 18.0 Å². The average molecular weight is 248 g/mol. The Morgan fingerprint density at radius 3 is 2.83 bits per heavy atom. The quantitative estimate of drug-likeness (QED) is 0.798. The summed E-state index contributed by atoms with van der Waals surface area (Å²) in [5.74, 6) is 0.437. The molecular formula is C15H24N2O. The van der Waals surface area contributed by atoms with Gasteiger partial charge in [-0.1, -0.05) is 33.1 Å². The zero-order valence-corrected chi connectivity index (χ0v) is 11.6. The van der Waals surface area contributed by atoms with Crippen molar-refractivity contribution in [2.24, 2.45) is 5.92 Å². The lowest BCUT2D eigenvalue weighted by Crippen LogP contribution is -2.15.